The lowest BCUT2D eigenvalue weighted by molar-refractivity contribution is 0.343. The van der Waals surface area contributed by atoms with Crippen molar-refractivity contribution in [2.75, 3.05) is 6.61 Å². The molecule has 78 valence electrons. The van der Waals surface area contributed by atoms with Crippen molar-refractivity contribution in [3.63, 3.8) is 0 Å². The van der Waals surface area contributed by atoms with Crippen LogP contribution in [0.3, 0.4) is 0 Å². The summed E-state index contributed by atoms with van der Waals surface area (Å²) < 4.78 is 5.53. The predicted molar refractivity (Wildman–Crippen MR) is 60.1 cm³/mol. The zero-order valence-electron chi connectivity index (χ0n) is 9.03. The van der Waals surface area contributed by atoms with Crippen LogP contribution in [0.15, 0.2) is 24.5 Å². The second-order valence-corrected chi connectivity index (χ2v) is 3.26. The summed E-state index contributed by atoms with van der Waals surface area (Å²) in [4.78, 5) is 8.53. The lowest BCUT2D eigenvalue weighted by Gasteiger charge is -2.07. The van der Waals surface area contributed by atoms with Gasteiger partial charge in [-0.3, -0.25) is 0 Å². The summed E-state index contributed by atoms with van der Waals surface area (Å²) in [6.45, 7) is 4.72. The molecule has 0 unspecified atom stereocenters. The van der Waals surface area contributed by atoms with Crippen LogP contribution in [0.2, 0.25) is 0 Å². The van der Waals surface area contributed by atoms with E-state index in [1.54, 1.807) is 6.33 Å². The summed E-state index contributed by atoms with van der Waals surface area (Å²) in [6.07, 6.45) is 2.51. The van der Waals surface area contributed by atoms with Gasteiger partial charge in [-0.25, -0.2) is 9.97 Å². The molecule has 3 heteroatoms. The van der Waals surface area contributed by atoms with E-state index in [-0.39, 0.29) is 0 Å². The molecule has 1 heterocycles. The van der Waals surface area contributed by atoms with E-state index in [4.69, 9.17) is 4.74 Å². The molecule has 2 aromatic rings. The van der Waals surface area contributed by atoms with E-state index >= 15 is 0 Å². The molecule has 15 heavy (non-hydrogen) atoms. The number of fused-ring (bicyclic) bond motifs is 1. The van der Waals surface area contributed by atoms with Crippen molar-refractivity contribution in [2.24, 2.45) is 0 Å². The Morgan fingerprint density at radius 1 is 1.20 bits per heavy atom. The molecule has 2 rings (SSSR count). The van der Waals surface area contributed by atoms with Gasteiger partial charge in [0.25, 0.3) is 0 Å². The molecule has 0 amide bonds. The molecule has 3 nitrogen and oxygen atoms in total. The van der Waals surface area contributed by atoms with Crippen LogP contribution < -0.4 is 4.74 Å². The number of aryl methyl sites for hydroxylation is 1. The minimum Gasteiger partial charge on any atom is -0.492 e. The van der Waals surface area contributed by atoms with Gasteiger partial charge in [0.1, 0.15) is 17.6 Å². The van der Waals surface area contributed by atoms with E-state index in [1.165, 1.54) is 0 Å². The monoisotopic (exact) mass is 202 g/mol. The van der Waals surface area contributed by atoms with E-state index in [0.29, 0.717) is 6.61 Å². The van der Waals surface area contributed by atoms with Crippen LogP contribution in [-0.2, 0) is 6.42 Å². The maximum absolute atomic E-state index is 5.53. The Labute approximate surface area is 89.1 Å². The van der Waals surface area contributed by atoms with E-state index in [2.05, 4.69) is 16.9 Å². The first kappa shape index (κ1) is 9.90. The fourth-order valence-corrected chi connectivity index (χ4v) is 1.67. The van der Waals surface area contributed by atoms with Crippen molar-refractivity contribution in [1.29, 1.82) is 0 Å². The Bertz CT molecular complexity index is 468. The molecule has 1 aromatic carbocycles. The fraction of sp³-hybridized carbons (Fsp3) is 0.333. The molecule has 0 aliphatic carbocycles. The van der Waals surface area contributed by atoms with E-state index in [1.807, 2.05) is 25.1 Å². The third-order valence-corrected chi connectivity index (χ3v) is 2.35. The molecular formula is C12H14N2O. The minimum atomic E-state index is 0.657. The van der Waals surface area contributed by atoms with Crippen molar-refractivity contribution < 1.29 is 4.74 Å². The second-order valence-electron chi connectivity index (χ2n) is 3.26. The lowest BCUT2D eigenvalue weighted by Crippen LogP contribution is -1.96. The minimum absolute atomic E-state index is 0.657. The topological polar surface area (TPSA) is 35.0 Å². The van der Waals surface area contributed by atoms with Gasteiger partial charge in [0.05, 0.1) is 12.3 Å². The van der Waals surface area contributed by atoms with Gasteiger partial charge in [-0.05, 0) is 19.4 Å². The Balaban J connectivity index is 2.65. The van der Waals surface area contributed by atoms with Gasteiger partial charge in [0, 0.05) is 5.39 Å². The number of nitrogens with zero attached hydrogens (tertiary/aromatic N) is 2. The lowest BCUT2D eigenvalue weighted by atomic mass is 10.1. The summed E-state index contributed by atoms with van der Waals surface area (Å²) in [5.41, 5.74) is 1.98. The van der Waals surface area contributed by atoms with Crippen LogP contribution >= 0.6 is 0 Å². The van der Waals surface area contributed by atoms with Crippen LogP contribution in [0.5, 0.6) is 5.75 Å². The first-order valence-electron chi connectivity index (χ1n) is 5.22. The Morgan fingerprint density at radius 2 is 2.07 bits per heavy atom. The highest BCUT2D eigenvalue weighted by Gasteiger charge is 2.06. The summed E-state index contributed by atoms with van der Waals surface area (Å²) >= 11 is 0. The number of aromatic nitrogens is 2. The second kappa shape index (κ2) is 4.26. The predicted octanol–water partition coefficient (Wildman–Crippen LogP) is 2.59. The highest BCUT2D eigenvalue weighted by molar-refractivity contribution is 5.86. The Morgan fingerprint density at radius 3 is 2.80 bits per heavy atom. The average molecular weight is 202 g/mol. The number of hydrogen-bond acceptors (Lipinski definition) is 3. The van der Waals surface area contributed by atoms with Gasteiger partial charge in [-0.1, -0.05) is 19.1 Å². The summed E-state index contributed by atoms with van der Waals surface area (Å²) in [5, 5.41) is 1.09. The van der Waals surface area contributed by atoms with E-state index in [0.717, 1.165) is 28.8 Å². The van der Waals surface area contributed by atoms with Gasteiger partial charge >= 0.3 is 0 Å². The summed E-state index contributed by atoms with van der Waals surface area (Å²) in [6, 6.07) is 5.96. The first-order chi connectivity index (χ1) is 7.36. The van der Waals surface area contributed by atoms with Crippen molar-refractivity contribution >= 4 is 10.9 Å². The van der Waals surface area contributed by atoms with Crippen LogP contribution in [0.4, 0.5) is 0 Å². The number of rotatable bonds is 3. The van der Waals surface area contributed by atoms with Crippen molar-refractivity contribution in [1.82, 2.24) is 9.97 Å². The zero-order chi connectivity index (χ0) is 10.7. The normalized spacial score (nSPS) is 10.5. The van der Waals surface area contributed by atoms with Crippen molar-refractivity contribution in [2.45, 2.75) is 20.3 Å². The summed E-state index contributed by atoms with van der Waals surface area (Å²) in [7, 11) is 0. The number of hydrogen-bond donors (Lipinski definition) is 0. The van der Waals surface area contributed by atoms with Crippen LogP contribution in [0.25, 0.3) is 10.9 Å². The zero-order valence-corrected chi connectivity index (χ0v) is 9.03. The first-order valence-corrected chi connectivity index (χ1v) is 5.22. The third-order valence-electron chi connectivity index (χ3n) is 2.35. The molecule has 0 aliphatic rings. The van der Waals surface area contributed by atoms with Gasteiger partial charge in [-0.2, -0.15) is 0 Å². The van der Waals surface area contributed by atoms with Gasteiger partial charge in [0.2, 0.25) is 0 Å². The molecule has 0 saturated heterocycles. The highest BCUT2D eigenvalue weighted by Crippen LogP contribution is 2.24. The number of ether oxygens (including phenoxy) is 1. The van der Waals surface area contributed by atoms with Crippen molar-refractivity contribution in [3.05, 3.63) is 30.2 Å². The van der Waals surface area contributed by atoms with E-state index in [9.17, 15) is 0 Å². The van der Waals surface area contributed by atoms with Crippen LogP contribution in [0, 0.1) is 0 Å². The number of benzene rings is 1. The molecule has 0 atom stereocenters. The SMILES string of the molecule is CCOc1cccc2c(CC)ncnc12. The molecule has 0 fully saturated rings. The molecule has 0 bridgehead atoms. The molecule has 0 saturated carbocycles. The molecule has 0 aliphatic heterocycles. The largest absolute Gasteiger partial charge is 0.492 e. The van der Waals surface area contributed by atoms with Crippen LogP contribution in [0.1, 0.15) is 19.5 Å². The Hall–Kier alpha value is -1.64. The Kier molecular flexibility index (Phi) is 2.81. The van der Waals surface area contributed by atoms with Crippen LogP contribution in [-0.4, -0.2) is 16.6 Å². The third kappa shape index (κ3) is 1.77. The molecular weight excluding hydrogens is 188 g/mol. The molecule has 0 radical (unpaired) electrons. The average Bonchev–Trinajstić information content (AvgIpc) is 2.29. The van der Waals surface area contributed by atoms with E-state index < -0.39 is 0 Å². The maximum Gasteiger partial charge on any atom is 0.145 e. The highest BCUT2D eigenvalue weighted by atomic mass is 16.5. The number of para-hydroxylation sites is 1. The maximum atomic E-state index is 5.53. The van der Waals surface area contributed by atoms with Gasteiger partial charge in [0.15, 0.2) is 0 Å². The van der Waals surface area contributed by atoms with Gasteiger partial charge in [-0.15, -0.1) is 0 Å². The quantitative estimate of drug-likeness (QED) is 0.767. The smallest absolute Gasteiger partial charge is 0.145 e. The van der Waals surface area contributed by atoms with Gasteiger partial charge < -0.3 is 4.74 Å². The molecule has 1 aromatic heterocycles. The standard InChI is InChI=1S/C12H14N2O/c1-3-10-9-6-5-7-11(15-4-2)12(9)14-8-13-10/h5-8H,3-4H2,1-2H3. The summed E-state index contributed by atoms with van der Waals surface area (Å²) in [5.74, 6) is 0.840. The van der Waals surface area contributed by atoms with Crippen molar-refractivity contribution in [3.8, 4) is 5.75 Å². The molecule has 0 spiro atoms. The fourth-order valence-electron chi connectivity index (χ4n) is 1.67. The molecule has 0 N–H and O–H groups in total.